The molecule has 0 aliphatic carbocycles. The first-order chi connectivity index (χ1) is 8.13. The van der Waals surface area contributed by atoms with Gasteiger partial charge in [0.1, 0.15) is 5.82 Å². The van der Waals surface area contributed by atoms with Crippen molar-refractivity contribution in [1.29, 1.82) is 0 Å². The van der Waals surface area contributed by atoms with Gasteiger partial charge < -0.3 is 10.6 Å². The van der Waals surface area contributed by atoms with Crippen molar-refractivity contribution >= 4 is 5.91 Å². The van der Waals surface area contributed by atoms with Crippen LogP contribution in [0.15, 0.2) is 0 Å². The van der Waals surface area contributed by atoms with Crippen molar-refractivity contribution in [2.24, 2.45) is 0 Å². The van der Waals surface area contributed by atoms with Gasteiger partial charge in [0.2, 0.25) is 5.82 Å². The molecule has 6 nitrogen and oxygen atoms in total. The van der Waals surface area contributed by atoms with Crippen LogP contribution in [0.25, 0.3) is 0 Å². The van der Waals surface area contributed by atoms with E-state index < -0.39 is 0 Å². The molecule has 1 aromatic heterocycles. The van der Waals surface area contributed by atoms with E-state index in [-0.39, 0.29) is 17.3 Å². The first-order valence-electron chi connectivity index (χ1n) is 6.07. The summed E-state index contributed by atoms with van der Waals surface area (Å²) in [6.45, 7) is 5.91. The second-order valence-corrected chi connectivity index (χ2v) is 4.72. The van der Waals surface area contributed by atoms with E-state index in [2.05, 4.69) is 32.7 Å². The van der Waals surface area contributed by atoms with Crippen LogP contribution in [0, 0.1) is 0 Å². The normalized spacial score (nSPS) is 18.9. The number of carbonyl (C=O) groups is 1. The van der Waals surface area contributed by atoms with Crippen LogP contribution >= 0.6 is 0 Å². The highest BCUT2D eigenvalue weighted by atomic mass is 16.2. The first kappa shape index (κ1) is 12.0. The zero-order valence-corrected chi connectivity index (χ0v) is 10.3. The number of amides is 1. The lowest BCUT2D eigenvalue weighted by Crippen LogP contribution is -2.52. The van der Waals surface area contributed by atoms with Gasteiger partial charge in [-0.25, -0.2) is 4.98 Å². The quantitative estimate of drug-likeness (QED) is 0.703. The minimum atomic E-state index is -0.189. The van der Waals surface area contributed by atoms with Gasteiger partial charge in [0, 0.05) is 12.0 Å². The van der Waals surface area contributed by atoms with E-state index >= 15 is 0 Å². The van der Waals surface area contributed by atoms with E-state index in [0.717, 1.165) is 38.2 Å². The van der Waals surface area contributed by atoms with Crippen molar-refractivity contribution in [2.45, 2.75) is 38.6 Å². The lowest BCUT2D eigenvalue weighted by molar-refractivity contribution is 0.0877. The molecule has 1 aliphatic heterocycles. The zero-order chi connectivity index (χ0) is 12.3. The molecule has 1 fully saturated rings. The van der Waals surface area contributed by atoms with Gasteiger partial charge in [-0.05, 0) is 32.9 Å². The molecule has 1 saturated heterocycles. The van der Waals surface area contributed by atoms with E-state index in [1.165, 1.54) is 0 Å². The second kappa shape index (κ2) is 4.83. The summed E-state index contributed by atoms with van der Waals surface area (Å²) in [5.74, 6) is 0.789. The molecule has 1 aromatic rings. The standard InChI is InChI=1S/C11H19N5O/c1-3-8-13-9(16-15-8)10(17)14-11(2)4-6-12-7-5-11/h12H,3-7H2,1-2H3,(H,14,17)(H,13,15,16). The van der Waals surface area contributed by atoms with Gasteiger partial charge in [0.25, 0.3) is 5.91 Å². The van der Waals surface area contributed by atoms with E-state index in [1.807, 2.05) is 6.92 Å². The fourth-order valence-electron chi connectivity index (χ4n) is 1.99. The number of hydrogen-bond acceptors (Lipinski definition) is 4. The lowest BCUT2D eigenvalue weighted by Gasteiger charge is -2.34. The molecule has 6 heteroatoms. The molecule has 94 valence electrons. The zero-order valence-electron chi connectivity index (χ0n) is 10.3. The number of aromatic nitrogens is 3. The summed E-state index contributed by atoms with van der Waals surface area (Å²) in [6, 6.07) is 0. The van der Waals surface area contributed by atoms with Crippen molar-refractivity contribution in [3.63, 3.8) is 0 Å². The number of carbonyl (C=O) groups excluding carboxylic acids is 1. The molecule has 1 aliphatic rings. The summed E-state index contributed by atoms with van der Waals surface area (Å²) in [7, 11) is 0. The fraction of sp³-hybridized carbons (Fsp3) is 0.727. The molecular formula is C11H19N5O. The molecule has 0 aromatic carbocycles. The van der Waals surface area contributed by atoms with Crippen molar-refractivity contribution in [1.82, 2.24) is 25.8 Å². The molecule has 0 unspecified atom stereocenters. The van der Waals surface area contributed by atoms with Gasteiger partial charge in [0.15, 0.2) is 0 Å². The van der Waals surface area contributed by atoms with Crippen molar-refractivity contribution < 1.29 is 4.79 Å². The van der Waals surface area contributed by atoms with Crippen molar-refractivity contribution in [3.8, 4) is 0 Å². The summed E-state index contributed by atoms with van der Waals surface area (Å²) in [4.78, 5) is 16.1. The Balaban J connectivity index is 2.00. The summed E-state index contributed by atoms with van der Waals surface area (Å²) in [5, 5.41) is 13.0. The Kier molecular flexibility index (Phi) is 3.42. The second-order valence-electron chi connectivity index (χ2n) is 4.72. The van der Waals surface area contributed by atoms with Gasteiger partial charge >= 0.3 is 0 Å². The minimum absolute atomic E-state index is 0.144. The Morgan fingerprint density at radius 3 is 2.76 bits per heavy atom. The fourth-order valence-corrected chi connectivity index (χ4v) is 1.99. The van der Waals surface area contributed by atoms with E-state index in [0.29, 0.717) is 0 Å². The van der Waals surface area contributed by atoms with Crippen molar-refractivity contribution in [2.75, 3.05) is 13.1 Å². The molecule has 1 amide bonds. The van der Waals surface area contributed by atoms with Crippen LogP contribution in [-0.4, -0.2) is 39.7 Å². The maximum Gasteiger partial charge on any atom is 0.291 e. The van der Waals surface area contributed by atoms with Gasteiger partial charge in [-0.2, -0.15) is 0 Å². The summed E-state index contributed by atoms with van der Waals surface area (Å²) in [6.07, 6.45) is 2.62. The molecule has 0 bridgehead atoms. The monoisotopic (exact) mass is 237 g/mol. The highest BCUT2D eigenvalue weighted by Crippen LogP contribution is 2.17. The predicted molar refractivity (Wildman–Crippen MR) is 63.7 cm³/mol. The van der Waals surface area contributed by atoms with Gasteiger partial charge in [-0.15, -0.1) is 5.10 Å². The van der Waals surface area contributed by atoms with E-state index in [9.17, 15) is 4.79 Å². The molecule has 3 N–H and O–H groups in total. The number of nitrogens with zero attached hydrogens (tertiary/aromatic N) is 2. The smallest absolute Gasteiger partial charge is 0.291 e. The first-order valence-corrected chi connectivity index (χ1v) is 6.07. The summed E-state index contributed by atoms with van der Waals surface area (Å²) in [5.41, 5.74) is -0.144. The Morgan fingerprint density at radius 2 is 2.18 bits per heavy atom. The molecule has 2 heterocycles. The maximum atomic E-state index is 12.0. The summed E-state index contributed by atoms with van der Waals surface area (Å²) >= 11 is 0. The largest absolute Gasteiger partial charge is 0.344 e. The van der Waals surface area contributed by atoms with Crippen LogP contribution in [0.1, 0.15) is 43.1 Å². The van der Waals surface area contributed by atoms with Crippen LogP contribution in [0.2, 0.25) is 0 Å². The Morgan fingerprint density at radius 1 is 1.47 bits per heavy atom. The van der Waals surface area contributed by atoms with Gasteiger partial charge in [-0.3, -0.25) is 9.89 Å². The maximum absolute atomic E-state index is 12.0. The van der Waals surface area contributed by atoms with Crippen LogP contribution in [0.4, 0.5) is 0 Å². The third-order valence-electron chi connectivity index (χ3n) is 3.19. The molecule has 0 atom stereocenters. The third kappa shape index (κ3) is 2.82. The molecule has 17 heavy (non-hydrogen) atoms. The molecule has 0 radical (unpaired) electrons. The summed E-state index contributed by atoms with van der Waals surface area (Å²) < 4.78 is 0. The Bertz CT molecular complexity index is 394. The van der Waals surface area contributed by atoms with Crippen LogP contribution < -0.4 is 10.6 Å². The topological polar surface area (TPSA) is 82.7 Å². The lowest BCUT2D eigenvalue weighted by atomic mass is 9.90. The number of rotatable bonds is 3. The third-order valence-corrected chi connectivity index (χ3v) is 3.19. The highest BCUT2D eigenvalue weighted by Gasteiger charge is 2.29. The molecular weight excluding hydrogens is 218 g/mol. The number of nitrogens with one attached hydrogen (secondary N) is 3. The van der Waals surface area contributed by atoms with Gasteiger partial charge in [0.05, 0.1) is 0 Å². The highest BCUT2D eigenvalue weighted by molar-refractivity contribution is 5.90. The van der Waals surface area contributed by atoms with Crippen LogP contribution in [-0.2, 0) is 6.42 Å². The number of aromatic amines is 1. The Hall–Kier alpha value is -1.43. The van der Waals surface area contributed by atoms with E-state index in [4.69, 9.17) is 0 Å². The molecule has 0 saturated carbocycles. The minimum Gasteiger partial charge on any atom is -0.344 e. The van der Waals surface area contributed by atoms with Crippen LogP contribution in [0.5, 0.6) is 0 Å². The average molecular weight is 237 g/mol. The molecule has 0 spiro atoms. The number of hydrogen-bond donors (Lipinski definition) is 3. The Labute approximate surface area is 101 Å². The van der Waals surface area contributed by atoms with Crippen molar-refractivity contribution in [3.05, 3.63) is 11.6 Å². The number of piperidine rings is 1. The average Bonchev–Trinajstić information content (AvgIpc) is 2.78. The van der Waals surface area contributed by atoms with E-state index in [1.54, 1.807) is 0 Å². The van der Waals surface area contributed by atoms with Crippen LogP contribution in [0.3, 0.4) is 0 Å². The SMILES string of the molecule is CCc1nc(C(=O)NC2(C)CCNCC2)n[nH]1. The molecule has 2 rings (SSSR count). The number of H-pyrrole nitrogens is 1. The number of aryl methyl sites for hydroxylation is 1. The van der Waals surface area contributed by atoms with Gasteiger partial charge in [-0.1, -0.05) is 6.92 Å². The predicted octanol–water partition coefficient (Wildman–Crippen LogP) is 0.239.